The van der Waals surface area contributed by atoms with E-state index in [9.17, 15) is 116 Å². The van der Waals surface area contributed by atoms with Crippen molar-refractivity contribution in [2.75, 3.05) is 39.6 Å². The van der Waals surface area contributed by atoms with E-state index in [-0.39, 0.29) is 0 Å². The van der Waals surface area contributed by atoms with Gasteiger partial charge in [0.2, 0.25) is 23.6 Å². The van der Waals surface area contributed by atoms with Gasteiger partial charge in [0.1, 0.15) is 140 Å². The second kappa shape index (κ2) is 30.2. The molecule has 0 aromatic rings. The third-order valence-electron chi connectivity index (χ3n) is 15.0. The molecule has 4 amide bonds. The summed E-state index contributed by atoms with van der Waals surface area (Å²) < 4.78 is 63.2. The Morgan fingerprint density at radius 3 is 1.44 bits per heavy atom. The number of carbonyl (C=O) groups is 5. The van der Waals surface area contributed by atoms with Crippen molar-refractivity contribution in [1.29, 1.82) is 0 Å². The average molecular weight is 1240 g/mol. The molecule has 6 heterocycles. The predicted octanol–water partition coefficient (Wildman–Crippen LogP) is -14.3. The largest absolute Gasteiger partial charge is 0.477 e. The normalized spacial score (nSPS) is 45.0. The topological polar surface area (TPSA) is 599 Å². The van der Waals surface area contributed by atoms with E-state index >= 15 is 0 Å². The van der Waals surface area contributed by atoms with Crippen molar-refractivity contribution in [3.63, 3.8) is 0 Å². The van der Waals surface area contributed by atoms with Crippen LogP contribution in [0, 0.1) is 0 Å². The molecule has 6 saturated heterocycles. The van der Waals surface area contributed by atoms with Gasteiger partial charge in [-0.3, -0.25) is 19.2 Å². The highest BCUT2D eigenvalue weighted by Gasteiger charge is 2.61. The summed E-state index contributed by atoms with van der Waals surface area (Å²) in [5, 5.41) is 205. The van der Waals surface area contributed by atoms with E-state index in [0.29, 0.717) is 0 Å². The van der Waals surface area contributed by atoms with Gasteiger partial charge in [-0.1, -0.05) is 0 Å². The van der Waals surface area contributed by atoms with Gasteiger partial charge in [0, 0.05) is 34.1 Å². The van der Waals surface area contributed by atoms with Gasteiger partial charge >= 0.3 is 5.97 Å². The lowest BCUT2D eigenvalue weighted by Crippen LogP contribution is -2.71. The fourth-order valence-corrected chi connectivity index (χ4v) is 10.7. The van der Waals surface area contributed by atoms with Gasteiger partial charge < -0.3 is 165 Å². The highest BCUT2D eigenvalue weighted by molar-refractivity contribution is 5.77. The molecule has 22 N–H and O–H groups in total. The Kier molecular flexibility index (Phi) is 24.9. The fraction of sp³-hybridized carbons (Fsp3) is 0.894. The van der Waals surface area contributed by atoms with Crippen LogP contribution in [0.25, 0.3) is 0 Å². The molecule has 0 aromatic carbocycles. The van der Waals surface area contributed by atoms with E-state index in [1.165, 1.54) is 0 Å². The lowest BCUT2D eigenvalue weighted by atomic mass is 9.88. The summed E-state index contributed by atoms with van der Waals surface area (Å²) >= 11 is 0. The molecule has 0 aromatic heterocycles. The van der Waals surface area contributed by atoms with Crippen molar-refractivity contribution >= 4 is 29.6 Å². The zero-order chi connectivity index (χ0) is 63.3. The number of hydrogen-bond donors (Lipinski definition) is 22. The summed E-state index contributed by atoms with van der Waals surface area (Å²) in [6.45, 7) is -2.18. The van der Waals surface area contributed by atoms with Crippen LogP contribution in [-0.4, -0.2) is 351 Å². The summed E-state index contributed by atoms with van der Waals surface area (Å²) in [6.07, 6.45) is -53.1. The van der Waals surface area contributed by atoms with Crippen molar-refractivity contribution in [3.8, 4) is 0 Å². The summed E-state index contributed by atoms with van der Waals surface area (Å²) in [5.74, 6) is -8.58. The van der Waals surface area contributed by atoms with E-state index in [4.69, 9.17) is 52.1 Å². The first-order valence-corrected chi connectivity index (χ1v) is 26.7. The molecule has 38 nitrogen and oxygen atoms in total. The van der Waals surface area contributed by atoms with E-state index in [0.717, 1.165) is 27.7 Å². The number of ether oxygens (including phenoxy) is 11. The Bertz CT molecular complexity index is 2220. The van der Waals surface area contributed by atoms with Crippen molar-refractivity contribution in [3.05, 3.63) is 0 Å². The second-order valence-electron chi connectivity index (χ2n) is 21.2. The maximum absolute atomic E-state index is 13.0. The van der Waals surface area contributed by atoms with Crippen LogP contribution in [0.3, 0.4) is 0 Å². The Balaban J connectivity index is 1.21. The molecule has 38 heteroatoms. The molecule has 0 bridgehead atoms. The van der Waals surface area contributed by atoms with Gasteiger partial charge in [-0.25, -0.2) is 4.79 Å². The first-order chi connectivity index (χ1) is 40.0. The lowest BCUT2D eigenvalue weighted by Gasteiger charge is -2.51. The standard InChI is InChI=1S/C47H78N4O34/c1-12(57)48-23-16(61)5-47(46(73)74,84-38(23)27(63)17(62)6-52)85-40-30(66)20(9-55)79-45(35(40)71)81-36-21(10-56)80-42(25(33(36)69)50-14(3)59)75-11-22-31(67)37(26(41(72)76-22)51-15(4)60)82-44-34(70)39(29(65)19(8-54)78-44)83-43-24(49-13(2)58)32(68)28(64)18(7-53)77-43/h16-45,52-56,61-72H,5-11H2,1-4H3,(H,48,57)(H,49,58)(H,50,59)(H,51,60)(H,73,74)/t16-,17+,18+,19+,20+,21+,22+,23+,24+,25+,26+,27+,28-,29-,30-,31-,32+,33+,34+,35+,36+,37+,38+,39-,40-,41?,42+,43+,44-,45-,47-/m0/s1. The van der Waals surface area contributed by atoms with E-state index in [1.54, 1.807) is 0 Å². The third-order valence-corrected chi connectivity index (χ3v) is 15.0. The van der Waals surface area contributed by atoms with Crippen molar-refractivity contribution in [2.45, 2.75) is 224 Å². The molecule has 85 heavy (non-hydrogen) atoms. The molecule has 0 spiro atoms. The van der Waals surface area contributed by atoms with Gasteiger partial charge in [-0.05, 0) is 0 Å². The number of aliphatic carboxylic acids is 1. The van der Waals surface area contributed by atoms with Gasteiger partial charge in [0.25, 0.3) is 5.79 Å². The zero-order valence-electron chi connectivity index (χ0n) is 45.9. The molecule has 0 saturated carbocycles. The SMILES string of the molecule is CC(=O)N[C@H]1[C@H](OC[C@H]2OC(O)[C@H](NC(C)=O)[C@@H](O[C@@H]3O[C@H](CO)[C@H](O)[C@H](O[C@H]4O[C@H](CO)[C@H](O)[C@H](O)[C@H]4NC(C)=O)[C@H]3O)[C@H]2O)O[C@H](CO)[C@@H](O[C@@H]2O[C@H](CO)[C@H](O)[C@H](O[C@]3(C(=O)O)C[C@H](O)[C@@H](NC(C)=O)[C@H]([C@H](O)[C@H](O)CO)O3)[C@H]2O)[C@@H]1O. The molecule has 0 aliphatic carbocycles. The number of aliphatic hydroxyl groups is 17. The molecule has 490 valence electrons. The molecule has 0 radical (unpaired) electrons. The number of hydrogen-bond acceptors (Lipinski definition) is 33. The molecule has 1 unspecified atom stereocenters. The first-order valence-electron chi connectivity index (χ1n) is 26.7. The molecule has 31 atom stereocenters. The van der Waals surface area contributed by atoms with E-state index in [2.05, 4.69) is 21.3 Å². The number of carboxylic acids is 1. The Morgan fingerprint density at radius 1 is 0.482 bits per heavy atom. The quantitative estimate of drug-likeness (QED) is 0.0452. The highest BCUT2D eigenvalue weighted by Crippen LogP contribution is 2.39. The number of carboxylic acid groups (broad SMARTS) is 1. The van der Waals surface area contributed by atoms with Gasteiger partial charge in [-0.15, -0.1) is 0 Å². The summed E-state index contributed by atoms with van der Waals surface area (Å²) in [4.78, 5) is 62.3. The van der Waals surface area contributed by atoms with E-state index in [1.807, 2.05) is 0 Å². The zero-order valence-corrected chi connectivity index (χ0v) is 45.9. The van der Waals surface area contributed by atoms with Crippen LogP contribution in [-0.2, 0) is 76.1 Å². The second-order valence-corrected chi connectivity index (χ2v) is 21.2. The highest BCUT2D eigenvalue weighted by atomic mass is 16.8. The molecule has 6 aliphatic rings. The fourth-order valence-electron chi connectivity index (χ4n) is 10.7. The van der Waals surface area contributed by atoms with Crippen LogP contribution in [0.1, 0.15) is 34.1 Å². The maximum Gasteiger partial charge on any atom is 0.364 e. The van der Waals surface area contributed by atoms with Crippen molar-refractivity contribution < 1.29 is 168 Å². The Morgan fingerprint density at radius 2 is 0.918 bits per heavy atom. The van der Waals surface area contributed by atoms with Crippen molar-refractivity contribution in [2.24, 2.45) is 0 Å². The number of nitrogens with one attached hydrogen (secondary N) is 4. The third kappa shape index (κ3) is 15.8. The molecular formula is C47H78N4O34. The smallest absolute Gasteiger partial charge is 0.364 e. The van der Waals surface area contributed by atoms with Crippen LogP contribution in [0.15, 0.2) is 0 Å². The summed E-state index contributed by atoms with van der Waals surface area (Å²) in [5.41, 5.74) is 0. The van der Waals surface area contributed by atoms with Crippen LogP contribution in [0.4, 0.5) is 0 Å². The predicted molar refractivity (Wildman–Crippen MR) is 263 cm³/mol. The van der Waals surface area contributed by atoms with Crippen LogP contribution in [0.5, 0.6) is 0 Å². The van der Waals surface area contributed by atoms with Crippen LogP contribution >= 0.6 is 0 Å². The van der Waals surface area contributed by atoms with Crippen LogP contribution in [0.2, 0.25) is 0 Å². The number of carbonyl (C=O) groups excluding carboxylic acids is 4. The Labute approximate surface area is 481 Å². The average Bonchev–Trinajstić information content (AvgIpc) is 1.21. The number of aliphatic hydroxyl groups excluding tert-OH is 17. The number of rotatable bonds is 23. The minimum Gasteiger partial charge on any atom is -0.477 e. The van der Waals surface area contributed by atoms with Crippen molar-refractivity contribution in [1.82, 2.24) is 21.3 Å². The minimum atomic E-state index is -3.19. The summed E-state index contributed by atoms with van der Waals surface area (Å²) in [7, 11) is 0. The number of amides is 4. The van der Waals surface area contributed by atoms with Gasteiger partial charge in [-0.2, -0.15) is 0 Å². The summed E-state index contributed by atoms with van der Waals surface area (Å²) in [6, 6.07) is -6.80. The monoisotopic (exact) mass is 1240 g/mol. The van der Waals surface area contributed by atoms with Crippen LogP contribution < -0.4 is 21.3 Å². The van der Waals surface area contributed by atoms with E-state index < -0.39 is 265 Å². The molecule has 6 rings (SSSR count). The molecule has 6 fully saturated rings. The minimum absolute atomic E-state index is 0.766. The molecule has 6 aliphatic heterocycles. The Hall–Kier alpha value is -3.77. The lowest BCUT2D eigenvalue weighted by molar-refractivity contribution is -0.383. The first kappa shape index (κ1) is 70.3. The van der Waals surface area contributed by atoms with Gasteiger partial charge in [0.15, 0.2) is 31.5 Å². The molecular weight excluding hydrogens is 1160 g/mol. The maximum atomic E-state index is 13.0. The van der Waals surface area contributed by atoms with Gasteiger partial charge in [0.05, 0.1) is 51.8 Å².